The van der Waals surface area contributed by atoms with E-state index in [4.69, 9.17) is 14.3 Å². The van der Waals surface area contributed by atoms with Crippen LogP contribution in [0.25, 0.3) is 0 Å². The first-order valence-corrected chi connectivity index (χ1v) is 22.5. The van der Waals surface area contributed by atoms with Crippen LogP contribution in [-0.4, -0.2) is 39.3 Å². The summed E-state index contributed by atoms with van der Waals surface area (Å²) in [5, 5.41) is 8.76. The van der Waals surface area contributed by atoms with Gasteiger partial charge in [-0.2, -0.15) is 0 Å². The second kappa shape index (κ2) is 16.9. The van der Waals surface area contributed by atoms with Crippen molar-refractivity contribution in [2.75, 3.05) is 6.61 Å². The van der Waals surface area contributed by atoms with Crippen molar-refractivity contribution in [2.45, 2.75) is 114 Å². The molecule has 1 atom stereocenters. The van der Waals surface area contributed by atoms with Crippen molar-refractivity contribution in [3.63, 3.8) is 0 Å². The summed E-state index contributed by atoms with van der Waals surface area (Å²) < 4.78 is 11.6. The number of aliphatic carboxylic acids is 1. The van der Waals surface area contributed by atoms with Gasteiger partial charge in [-0.25, -0.2) is 0 Å². The van der Waals surface area contributed by atoms with Crippen molar-refractivity contribution in [2.24, 2.45) is 0 Å². The van der Waals surface area contributed by atoms with Gasteiger partial charge in [0.05, 0.1) is 0 Å². The topological polar surface area (TPSA) is 55.8 Å². The molecule has 178 valence electrons. The minimum absolute atomic E-state index is 0.0278. The quantitative estimate of drug-likeness (QED) is 0.112. The monoisotopic (exact) mass is 504 g/mol. The fourth-order valence-corrected chi connectivity index (χ4v) is 7.83. The molecule has 1 unspecified atom stereocenters. The van der Waals surface area contributed by atoms with Gasteiger partial charge in [-0.05, 0) is 46.3 Å². The molecule has 1 N–H and O–H groups in total. The summed E-state index contributed by atoms with van der Waals surface area (Å²) in [5.41, 5.74) is 1.11. The van der Waals surface area contributed by atoms with E-state index in [1.807, 2.05) is 20.8 Å². The molecule has 0 aliphatic rings. The van der Waals surface area contributed by atoms with Gasteiger partial charge in [-0.3, -0.25) is 0 Å². The Balaban J connectivity index is 0. The fraction of sp³-hybridized carbons (Fsp3) is 0.792. The van der Waals surface area contributed by atoms with Crippen molar-refractivity contribution in [1.29, 1.82) is 0 Å². The van der Waals surface area contributed by atoms with E-state index in [9.17, 15) is 4.79 Å². The van der Waals surface area contributed by atoms with Crippen LogP contribution in [0.5, 0.6) is 0 Å². The molecule has 0 aliphatic heterocycles. The first-order valence-electron chi connectivity index (χ1n) is 11.6. The Morgan fingerprint density at radius 1 is 1.00 bits per heavy atom. The summed E-state index contributed by atoms with van der Waals surface area (Å²) in [6, 6.07) is 0. The van der Waals surface area contributed by atoms with Crippen LogP contribution in [0.3, 0.4) is 0 Å². The molecule has 0 rings (SSSR count). The molecule has 0 saturated heterocycles. The van der Waals surface area contributed by atoms with Crippen LogP contribution in [-0.2, 0) is 14.0 Å². The summed E-state index contributed by atoms with van der Waals surface area (Å²) in [5.74, 6) is 6.54. The van der Waals surface area contributed by atoms with Crippen molar-refractivity contribution in [3.05, 3.63) is 23.7 Å². The Kier molecular flexibility index (Phi) is 17.8. The number of rotatable bonds is 14. The predicted molar refractivity (Wildman–Crippen MR) is 136 cm³/mol. The summed E-state index contributed by atoms with van der Waals surface area (Å²) in [7, 11) is -1.58. The maximum absolute atomic E-state index is 10.6. The standard InChI is InChI=1S/C17H34O2Si.C7H16GeO2/c1-7-8-9-10-11-12-13-14-15-18-17(16(2)3)19-20(4,5)6;1-5-6(7(9)10)8(2,3)4/h13-14H,7-12,15H2,1-6H3;6H,5H2,1-4H3,(H,9,10). The molecule has 30 heavy (non-hydrogen) atoms. The van der Waals surface area contributed by atoms with E-state index in [1.54, 1.807) is 0 Å². The summed E-state index contributed by atoms with van der Waals surface area (Å²) in [6.07, 6.45) is 13.0. The molecule has 0 aromatic carbocycles. The Morgan fingerprint density at radius 2 is 1.57 bits per heavy atom. The third-order valence-corrected chi connectivity index (χ3v) is 11.1. The normalized spacial score (nSPS) is 12.7. The maximum atomic E-state index is 10.6. The molecule has 0 aromatic heterocycles. The van der Waals surface area contributed by atoms with Crippen molar-refractivity contribution in [3.8, 4) is 0 Å². The molecule has 0 aliphatic carbocycles. The SMILES string of the molecule is CCCCCCCC=CCOC(O[Si](C)(C)C)=C(C)C.CC[CH](C(=O)O)[Ge]([CH3])([CH3])[CH3]. The number of unbranched alkanes of at least 4 members (excludes halogenated alkanes) is 5. The number of carboxylic acid groups (broad SMARTS) is 1. The molecule has 0 amide bonds. The van der Waals surface area contributed by atoms with Crippen molar-refractivity contribution in [1.82, 2.24) is 0 Å². The molecule has 0 fully saturated rings. The van der Waals surface area contributed by atoms with Crippen LogP contribution < -0.4 is 0 Å². The van der Waals surface area contributed by atoms with E-state index in [1.165, 1.54) is 32.1 Å². The first kappa shape index (κ1) is 31.5. The fourth-order valence-electron chi connectivity index (χ4n) is 2.89. The molecule has 4 nitrogen and oxygen atoms in total. The van der Waals surface area contributed by atoms with Gasteiger partial charge >= 0.3 is 64.5 Å². The van der Waals surface area contributed by atoms with Gasteiger partial charge in [0.1, 0.15) is 6.61 Å². The van der Waals surface area contributed by atoms with Gasteiger partial charge in [0.15, 0.2) is 0 Å². The van der Waals surface area contributed by atoms with E-state index in [0.717, 1.165) is 24.4 Å². The Hall–Kier alpha value is -0.690. The van der Waals surface area contributed by atoms with Crippen molar-refractivity contribution < 1.29 is 19.1 Å². The molecule has 0 heterocycles. The van der Waals surface area contributed by atoms with E-state index >= 15 is 0 Å². The summed E-state index contributed by atoms with van der Waals surface area (Å²) in [6.45, 7) is 15.4. The zero-order chi connectivity index (χ0) is 23.8. The second-order valence-electron chi connectivity index (χ2n) is 10.2. The number of carboxylic acids is 1. The average molecular weight is 503 g/mol. The number of ether oxygens (including phenoxy) is 1. The van der Waals surface area contributed by atoms with Crippen LogP contribution >= 0.6 is 0 Å². The molecule has 0 spiro atoms. The molecular weight excluding hydrogens is 453 g/mol. The van der Waals surface area contributed by atoms with Gasteiger partial charge in [0.2, 0.25) is 8.32 Å². The third-order valence-electron chi connectivity index (χ3n) is 4.51. The third kappa shape index (κ3) is 19.3. The zero-order valence-corrected chi connectivity index (χ0v) is 24.7. The van der Waals surface area contributed by atoms with Gasteiger partial charge < -0.3 is 9.16 Å². The van der Waals surface area contributed by atoms with Crippen molar-refractivity contribution >= 4 is 27.6 Å². The number of hydrogen-bond acceptors (Lipinski definition) is 3. The average Bonchev–Trinajstić information content (AvgIpc) is 2.57. The first-order chi connectivity index (χ1) is 13.8. The molecule has 0 saturated carbocycles. The number of allylic oxidation sites excluding steroid dienone is 2. The van der Waals surface area contributed by atoms with E-state index in [-0.39, 0.29) is 4.75 Å². The second-order valence-corrected chi connectivity index (χ2v) is 26.0. The van der Waals surface area contributed by atoms with Crippen LogP contribution in [0.1, 0.15) is 72.6 Å². The minimum atomic E-state index is -1.92. The van der Waals surface area contributed by atoms with Crippen LogP contribution in [0.4, 0.5) is 0 Å². The summed E-state index contributed by atoms with van der Waals surface area (Å²) in [4.78, 5) is 10.6. The molecule has 0 radical (unpaired) electrons. The Morgan fingerprint density at radius 3 is 1.93 bits per heavy atom. The number of carbonyl (C=O) groups is 1. The summed E-state index contributed by atoms with van der Waals surface area (Å²) >= 11 is -1.92. The molecule has 0 bridgehead atoms. The van der Waals surface area contributed by atoms with Crippen LogP contribution in [0.15, 0.2) is 23.7 Å². The molecular formula is C24H50GeO4Si. The molecule has 0 aromatic rings. The van der Waals surface area contributed by atoms with E-state index in [0.29, 0.717) is 6.61 Å². The van der Waals surface area contributed by atoms with E-state index in [2.05, 4.69) is 56.0 Å². The van der Waals surface area contributed by atoms with Gasteiger partial charge in [0, 0.05) is 5.57 Å². The molecule has 6 heteroatoms. The van der Waals surface area contributed by atoms with Crippen LogP contribution in [0.2, 0.25) is 41.7 Å². The predicted octanol–water partition coefficient (Wildman–Crippen LogP) is 8.21. The van der Waals surface area contributed by atoms with Crippen LogP contribution in [0, 0.1) is 0 Å². The number of hydrogen-bond donors (Lipinski definition) is 1. The zero-order valence-electron chi connectivity index (χ0n) is 21.6. The van der Waals surface area contributed by atoms with Gasteiger partial charge in [-0.15, -0.1) is 0 Å². The van der Waals surface area contributed by atoms with Gasteiger partial charge in [0.25, 0.3) is 5.95 Å². The van der Waals surface area contributed by atoms with E-state index < -0.39 is 27.6 Å². The van der Waals surface area contributed by atoms with Gasteiger partial charge in [-0.1, -0.05) is 44.8 Å². The Bertz CT molecular complexity index is 512. The Labute approximate surface area is 191 Å².